The van der Waals surface area contributed by atoms with Gasteiger partial charge in [-0.2, -0.15) is 0 Å². The average Bonchev–Trinajstić information content (AvgIpc) is 2.59. The third-order valence-electron chi connectivity index (χ3n) is 3.95. The first kappa shape index (κ1) is 17.0. The lowest BCUT2D eigenvalue weighted by Gasteiger charge is -2.32. The molecule has 1 saturated heterocycles. The monoisotopic (exact) mass is 318 g/mol. The number of nitrogens with zero attached hydrogens (tertiary/aromatic N) is 1. The van der Waals surface area contributed by atoms with Crippen molar-refractivity contribution in [1.82, 2.24) is 10.2 Å². The van der Waals surface area contributed by atoms with Gasteiger partial charge in [-0.25, -0.2) is 0 Å². The molecular formula is C17H22N2O4. The second-order valence-corrected chi connectivity index (χ2v) is 5.63. The smallest absolute Gasteiger partial charge is 0.302 e. The van der Waals surface area contributed by atoms with Crippen LogP contribution in [0.4, 0.5) is 0 Å². The van der Waals surface area contributed by atoms with E-state index >= 15 is 0 Å². The van der Waals surface area contributed by atoms with Gasteiger partial charge in [0.05, 0.1) is 6.04 Å². The summed E-state index contributed by atoms with van der Waals surface area (Å²) in [6.07, 6.45) is 3.22. The number of likely N-dealkylation sites (tertiary alicyclic amines) is 1. The number of amides is 2. The Morgan fingerprint density at radius 3 is 2.74 bits per heavy atom. The Kier molecular flexibility index (Phi) is 6.14. The lowest BCUT2D eigenvalue weighted by atomic mass is 10.0. The van der Waals surface area contributed by atoms with Crippen molar-refractivity contribution in [2.24, 2.45) is 0 Å². The molecule has 1 fully saturated rings. The molecule has 0 saturated carbocycles. The predicted molar refractivity (Wildman–Crippen MR) is 84.4 cm³/mol. The molecule has 1 aromatic carbocycles. The van der Waals surface area contributed by atoms with Crippen molar-refractivity contribution < 1.29 is 19.1 Å². The number of nitrogens with one attached hydrogen (secondary N) is 1. The molecular weight excluding hydrogens is 296 g/mol. The minimum atomic E-state index is -0.454. The van der Waals surface area contributed by atoms with Crippen LogP contribution in [0.25, 0.3) is 0 Å². The van der Waals surface area contributed by atoms with E-state index in [9.17, 15) is 14.4 Å². The van der Waals surface area contributed by atoms with Crippen LogP contribution in [-0.2, 0) is 19.1 Å². The molecule has 2 rings (SSSR count). The standard InChI is InChI=1S/C17H22N2O4/c1-13(21)23-11-15(14-7-3-2-4-8-14)18-17(22)16-9-5-6-10-19(16)12-20/h2-4,7-8,12,15-16H,5-6,9-11H2,1H3,(H,18,22)/t15-,16+/m1/s1. The van der Waals surface area contributed by atoms with Crippen LogP contribution >= 0.6 is 0 Å². The molecule has 6 nitrogen and oxygen atoms in total. The van der Waals surface area contributed by atoms with E-state index < -0.39 is 18.1 Å². The van der Waals surface area contributed by atoms with Crippen LogP contribution in [0.5, 0.6) is 0 Å². The van der Waals surface area contributed by atoms with Crippen molar-refractivity contribution in [3.05, 3.63) is 35.9 Å². The zero-order valence-electron chi connectivity index (χ0n) is 13.2. The maximum Gasteiger partial charge on any atom is 0.302 e. The Morgan fingerprint density at radius 1 is 1.35 bits per heavy atom. The second kappa shape index (κ2) is 8.31. The van der Waals surface area contributed by atoms with Gasteiger partial charge in [0.1, 0.15) is 12.6 Å². The number of benzene rings is 1. The van der Waals surface area contributed by atoms with E-state index in [-0.39, 0.29) is 12.5 Å². The molecule has 124 valence electrons. The highest BCUT2D eigenvalue weighted by atomic mass is 16.5. The van der Waals surface area contributed by atoms with Crippen LogP contribution in [-0.4, -0.2) is 42.4 Å². The van der Waals surface area contributed by atoms with E-state index in [2.05, 4.69) is 5.32 Å². The summed E-state index contributed by atoms with van der Waals surface area (Å²) in [7, 11) is 0. The molecule has 6 heteroatoms. The topological polar surface area (TPSA) is 75.7 Å². The molecule has 1 heterocycles. The molecule has 23 heavy (non-hydrogen) atoms. The Labute approximate surface area is 135 Å². The van der Waals surface area contributed by atoms with E-state index in [4.69, 9.17) is 4.74 Å². The van der Waals surface area contributed by atoms with Crippen molar-refractivity contribution in [2.75, 3.05) is 13.2 Å². The van der Waals surface area contributed by atoms with Gasteiger partial charge in [0, 0.05) is 13.5 Å². The minimum Gasteiger partial charge on any atom is -0.463 e. The van der Waals surface area contributed by atoms with Gasteiger partial charge in [-0.15, -0.1) is 0 Å². The Bertz CT molecular complexity index is 547. The summed E-state index contributed by atoms with van der Waals surface area (Å²) in [5.41, 5.74) is 0.857. The van der Waals surface area contributed by atoms with Gasteiger partial charge < -0.3 is 15.0 Å². The van der Waals surface area contributed by atoms with Crippen LogP contribution in [0.15, 0.2) is 30.3 Å². The van der Waals surface area contributed by atoms with E-state index in [0.29, 0.717) is 13.0 Å². The zero-order valence-corrected chi connectivity index (χ0v) is 13.2. The van der Waals surface area contributed by atoms with Crippen molar-refractivity contribution in [3.8, 4) is 0 Å². The number of piperidine rings is 1. The van der Waals surface area contributed by atoms with E-state index in [1.807, 2.05) is 30.3 Å². The van der Waals surface area contributed by atoms with Crippen LogP contribution in [0.2, 0.25) is 0 Å². The minimum absolute atomic E-state index is 0.0683. The fraction of sp³-hybridized carbons (Fsp3) is 0.471. The van der Waals surface area contributed by atoms with E-state index in [1.165, 1.54) is 11.8 Å². The Balaban J connectivity index is 2.08. The molecule has 1 aliphatic heterocycles. The molecule has 0 aliphatic carbocycles. The van der Waals surface area contributed by atoms with Gasteiger partial charge >= 0.3 is 5.97 Å². The average molecular weight is 318 g/mol. The maximum absolute atomic E-state index is 12.5. The molecule has 1 aliphatic rings. The number of ether oxygens (including phenoxy) is 1. The summed E-state index contributed by atoms with van der Waals surface area (Å²) in [5.74, 6) is -0.606. The zero-order chi connectivity index (χ0) is 16.7. The van der Waals surface area contributed by atoms with Crippen molar-refractivity contribution in [1.29, 1.82) is 0 Å². The van der Waals surface area contributed by atoms with Gasteiger partial charge in [0.15, 0.2) is 0 Å². The molecule has 2 amide bonds. The van der Waals surface area contributed by atoms with Gasteiger partial charge in [-0.3, -0.25) is 14.4 Å². The first-order valence-corrected chi connectivity index (χ1v) is 7.81. The lowest BCUT2D eigenvalue weighted by Crippen LogP contribution is -2.50. The quantitative estimate of drug-likeness (QED) is 0.636. The largest absolute Gasteiger partial charge is 0.463 e. The van der Waals surface area contributed by atoms with Crippen LogP contribution < -0.4 is 5.32 Å². The first-order valence-electron chi connectivity index (χ1n) is 7.81. The molecule has 0 spiro atoms. The molecule has 0 radical (unpaired) electrons. The summed E-state index contributed by atoms with van der Waals surface area (Å²) in [6, 6.07) is 8.46. The van der Waals surface area contributed by atoms with Crippen LogP contribution in [0.1, 0.15) is 37.8 Å². The summed E-state index contributed by atoms with van der Waals surface area (Å²) in [4.78, 5) is 36.3. The Hall–Kier alpha value is -2.37. The van der Waals surface area contributed by atoms with Crippen LogP contribution in [0.3, 0.4) is 0 Å². The number of esters is 1. The molecule has 2 atom stereocenters. The molecule has 0 aromatic heterocycles. The number of carbonyl (C=O) groups excluding carboxylic acids is 3. The summed E-state index contributed by atoms with van der Waals surface area (Å²) in [5, 5.41) is 2.91. The molecule has 0 unspecified atom stereocenters. The number of hydrogen-bond donors (Lipinski definition) is 1. The summed E-state index contributed by atoms with van der Waals surface area (Å²) < 4.78 is 5.06. The van der Waals surface area contributed by atoms with Gasteiger partial charge in [-0.1, -0.05) is 30.3 Å². The SMILES string of the molecule is CC(=O)OC[C@@H](NC(=O)[C@@H]1CCCCN1C=O)c1ccccc1. The molecule has 1 N–H and O–H groups in total. The third kappa shape index (κ3) is 4.81. The lowest BCUT2D eigenvalue weighted by molar-refractivity contribution is -0.143. The summed E-state index contributed by atoms with van der Waals surface area (Å²) in [6.45, 7) is 2.00. The highest BCUT2D eigenvalue weighted by Gasteiger charge is 2.29. The third-order valence-corrected chi connectivity index (χ3v) is 3.95. The fourth-order valence-corrected chi connectivity index (χ4v) is 2.74. The first-order chi connectivity index (χ1) is 11.1. The molecule has 0 bridgehead atoms. The number of carbonyl (C=O) groups is 3. The van der Waals surface area contributed by atoms with Crippen molar-refractivity contribution in [2.45, 2.75) is 38.3 Å². The molecule has 1 aromatic rings. The normalized spacial score (nSPS) is 18.8. The van der Waals surface area contributed by atoms with Gasteiger partial charge in [0.2, 0.25) is 12.3 Å². The van der Waals surface area contributed by atoms with Gasteiger partial charge in [-0.05, 0) is 24.8 Å². The Morgan fingerprint density at radius 2 is 2.09 bits per heavy atom. The highest BCUT2D eigenvalue weighted by molar-refractivity contribution is 5.84. The van der Waals surface area contributed by atoms with E-state index in [0.717, 1.165) is 24.8 Å². The predicted octanol–water partition coefficient (Wildman–Crippen LogP) is 1.42. The summed E-state index contributed by atoms with van der Waals surface area (Å²) >= 11 is 0. The number of hydrogen-bond acceptors (Lipinski definition) is 4. The van der Waals surface area contributed by atoms with Crippen molar-refractivity contribution >= 4 is 18.3 Å². The number of rotatable bonds is 6. The fourth-order valence-electron chi connectivity index (χ4n) is 2.74. The maximum atomic E-state index is 12.5. The van der Waals surface area contributed by atoms with E-state index in [1.54, 1.807) is 0 Å². The second-order valence-electron chi connectivity index (χ2n) is 5.63. The van der Waals surface area contributed by atoms with Gasteiger partial charge in [0.25, 0.3) is 0 Å². The van der Waals surface area contributed by atoms with Crippen LogP contribution in [0, 0.1) is 0 Å². The van der Waals surface area contributed by atoms with Crippen molar-refractivity contribution in [3.63, 3.8) is 0 Å². The highest BCUT2D eigenvalue weighted by Crippen LogP contribution is 2.18.